The molecule has 0 N–H and O–H groups in total. The van der Waals surface area contributed by atoms with E-state index in [9.17, 15) is 8.78 Å². The first-order chi connectivity index (χ1) is 9.61. The first-order valence-electron chi connectivity index (χ1n) is 6.35. The van der Waals surface area contributed by atoms with E-state index < -0.39 is 13.0 Å². The Labute approximate surface area is 120 Å². The quantitative estimate of drug-likeness (QED) is 0.583. The van der Waals surface area contributed by atoms with Crippen LogP contribution in [0.2, 0.25) is 0 Å². The van der Waals surface area contributed by atoms with E-state index in [4.69, 9.17) is 16.3 Å². The van der Waals surface area contributed by atoms with E-state index in [2.05, 4.69) is 9.97 Å². The third-order valence-corrected chi connectivity index (χ3v) is 3.01. The summed E-state index contributed by atoms with van der Waals surface area (Å²) in [5, 5.41) is 0. The second kappa shape index (κ2) is 6.95. The third-order valence-electron chi connectivity index (χ3n) is 2.82. The molecule has 4 nitrogen and oxygen atoms in total. The molecule has 0 saturated carbocycles. The van der Waals surface area contributed by atoms with Gasteiger partial charge in [-0.25, -0.2) is 18.7 Å². The summed E-state index contributed by atoms with van der Waals surface area (Å²) in [5.74, 6) is 1.24. The van der Waals surface area contributed by atoms with E-state index in [-0.39, 0.29) is 6.61 Å². The molecule has 0 aromatic carbocycles. The lowest BCUT2D eigenvalue weighted by Gasteiger charge is -2.08. The summed E-state index contributed by atoms with van der Waals surface area (Å²) in [5.41, 5.74) is 2.55. The Kier molecular flexibility index (Phi) is 5.25. The zero-order valence-electron chi connectivity index (χ0n) is 11.2. The van der Waals surface area contributed by atoms with Crippen LogP contribution in [0.5, 0.6) is 0 Å². The lowest BCUT2D eigenvalue weighted by molar-refractivity contribution is 0.0148. The number of halogens is 3. The minimum absolute atomic E-state index is 0.195. The first kappa shape index (κ1) is 15.1. The lowest BCUT2D eigenvalue weighted by atomic mass is 10.3. The number of alkyl halides is 3. The van der Waals surface area contributed by atoms with Gasteiger partial charge in [0.25, 0.3) is 6.43 Å². The van der Waals surface area contributed by atoms with Gasteiger partial charge in [-0.3, -0.25) is 0 Å². The molecule has 0 atom stereocenters. The number of rotatable bonds is 7. The van der Waals surface area contributed by atoms with Crippen LogP contribution in [0.15, 0.2) is 12.3 Å². The standard InChI is InChI=1S/C13H16ClF2N3O/c1-9-6-10-13(17-7-9)19(12(18-10)2-3-14)4-5-20-8-11(15)16/h6-7,11H,2-5,8H2,1H3. The fraction of sp³-hybridized carbons (Fsp3) is 0.538. The molecule has 2 aromatic heterocycles. The van der Waals surface area contributed by atoms with Crippen molar-refractivity contribution in [3.63, 3.8) is 0 Å². The first-order valence-corrected chi connectivity index (χ1v) is 6.89. The summed E-state index contributed by atoms with van der Waals surface area (Å²) >= 11 is 5.77. The summed E-state index contributed by atoms with van der Waals surface area (Å²) in [6.07, 6.45) is -0.0887. The maximum atomic E-state index is 12.0. The molecule has 20 heavy (non-hydrogen) atoms. The van der Waals surface area contributed by atoms with E-state index >= 15 is 0 Å². The van der Waals surface area contributed by atoms with Crippen molar-refractivity contribution in [3.8, 4) is 0 Å². The van der Waals surface area contributed by atoms with Crippen molar-refractivity contribution < 1.29 is 13.5 Å². The van der Waals surface area contributed by atoms with Crippen LogP contribution in [0.1, 0.15) is 11.4 Å². The molecule has 0 radical (unpaired) electrons. The second-order valence-corrected chi connectivity index (χ2v) is 4.82. The number of pyridine rings is 1. The number of imidazole rings is 1. The van der Waals surface area contributed by atoms with Crippen molar-refractivity contribution in [2.75, 3.05) is 19.1 Å². The summed E-state index contributed by atoms with van der Waals surface area (Å²) < 4.78 is 30.8. The van der Waals surface area contributed by atoms with Crippen LogP contribution in [0.3, 0.4) is 0 Å². The number of aryl methyl sites for hydroxylation is 2. The molecular formula is C13H16ClF2N3O. The number of aromatic nitrogens is 3. The lowest BCUT2D eigenvalue weighted by Crippen LogP contribution is -2.13. The normalized spacial score (nSPS) is 11.7. The second-order valence-electron chi connectivity index (χ2n) is 4.44. The zero-order valence-corrected chi connectivity index (χ0v) is 11.9. The van der Waals surface area contributed by atoms with Gasteiger partial charge in [0, 0.05) is 25.0 Å². The monoisotopic (exact) mass is 303 g/mol. The molecular weight excluding hydrogens is 288 g/mol. The van der Waals surface area contributed by atoms with Gasteiger partial charge >= 0.3 is 0 Å². The van der Waals surface area contributed by atoms with Crippen LogP contribution in [-0.2, 0) is 17.7 Å². The van der Waals surface area contributed by atoms with Crippen LogP contribution >= 0.6 is 11.6 Å². The van der Waals surface area contributed by atoms with Crippen molar-refractivity contribution in [3.05, 3.63) is 23.7 Å². The fourth-order valence-corrected chi connectivity index (χ4v) is 2.17. The van der Waals surface area contributed by atoms with E-state index in [1.807, 2.05) is 17.6 Å². The summed E-state index contributed by atoms with van der Waals surface area (Å²) in [6, 6.07) is 1.94. The van der Waals surface area contributed by atoms with Gasteiger partial charge in [0.1, 0.15) is 17.9 Å². The highest BCUT2D eigenvalue weighted by Gasteiger charge is 2.12. The highest BCUT2D eigenvalue weighted by Crippen LogP contribution is 2.16. The molecule has 0 fully saturated rings. The smallest absolute Gasteiger partial charge is 0.261 e. The molecule has 7 heteroatoms. The maximum absolute atomic E-state index is 12.0. The largest absolute Gasteiger partial charge is 0.374 e. The third kappa shape index (κ3) is 3.64. The Bertz CT molecular complexity index is 574. The summed E-state index contributed by atoms with van der Waals surface area (Å²) in [7, 11) is 0. The molecule has 0 aliphatic carbocycles. The van der Waals surface area contributed by atoms with Crippen molar-refractivity contribution in [1.82, 2.24) is 14.5 Å². The van der Waals surface area contributed by atoms with Gasteiger partial charge in [0.05, 0.1) is 6.61 Å². The van der Waals surface area contributed by atoms with Gasteiger partial charge in [-0.05, 0) is 18.6 Å². The Morgan fingerprint density at radius 1 is 1.45 bits per heavy atom. The van der Waals surface area contributed by atoms with E-state index in [1.165, 1.54) is 0 Å². The SMILES string of the molecule is Cc1cnc2c(c1)nc(CCCl)n2CCOCC(F)F. The molecule has 0 aliphatic rings. The molecule has 0 spiro atoms. The van der Waals surface area contributed by atoms with Crippen LogP contribution < -0.4 is 0 Å². The molecule has 0 bridgehead atoms. The molecule has 0 amide bonds. The van der Waals surface area contributed by atoms with Gasteiger partial charge in [-0.2, -0.15) is 0 Å². The van der Waals surface area contributed by atoms with Gasteiger partial charge in [-0.1, -0.05) is 0 Å². The van der Waals surface area contributed by atoms with Crippen molar-refractivity contribution in [2.45, 2.75) is 26.3 Å². The van der Waals surface area contributed by atoms with Gasteiger partial charge < -0.3 is 9.30 Å². The maximum Gasteiger partial charge on any atom is 0.261 e. The Morgan fingerprint density at radius 3 is 2.95 bits per heavy atom. The van der Waals surface area contributed by atoms with E-state index in [0.717, 1.165) is 22.6 Å². The van der Waals surface area contributed by atoms with Crippen molar-refractivity contribution in [2.24, 2.45) is 0 Å². The topological polar surface area (TPSA) is 39.9 Å². The highest BCUT2D eigenvalue weighted by molar-refractivity contribution is 6.17. The molecule has 2 rings (SSSR count). The van der Waals surface area contributed by atoms with Gasteiger partial charge in [0.15, 0.2) is 5.65 Å². The predicted octanol–water partition coefficient (Wildman–Crippen LogP) is 2.80. The van der Waals surface area contributed by atoms with Crippen LogP contribution in [-0.4, -0.2) is 40.1 Å². The Hall–Kier alpha value is -1.27. The average Bonchev–Trinajstić information content (AvgIpc) is 2.72. The average molecular weight is 304 g/mol. The molecule has 2 aromatic rings. The predicted molar refractivity (Wildman–Crippen MR) is 73.5 cm³/mol. The minimum Gasteiger partial charge on any atom is -0.374 e. The number of fused-ring (bicyclic) bond motifs is 1. The van der Waals surface area contributed by atoms with Crippen molar-refractivity contribution >= 4 is 22.8 Å². The molecule has 0 unspecified atom stereocenters. The van der Waals surface area contributed by atoms with Crippen molar-refractivity contribution in [1.29, 1.82) is 0 Å². The molecule has 110 valence electrons. The van der Waals surface area contributed by atoms with Crippen LogP contribution in [0, 0.1) is 6.92 Å². The Morgan fingerprint density at radius 2 is 2.25 bits per heavy atom. The number of nitrogens with zero attached hydrogens (tertiary/aromatic N) is 3. The van der Waals surface area contributed by atoms with Gasteiger partial charge in [0.2, 0.25) is 0 Å². The Balaban J connectivity index is 2.17. The van der Waals surface area contributed by atoms with E-state index in [0.29, 0.717) is 18.8 Å². The zero-order chi connectivity index (χ0) is 14.5. The minimum atomic E-state index is -2.45. The summed E-state index contributed by atoms with van der Waals surface area (Å²) in [6.45, 7) is 2.02. The number of hydrogen-bond donors (Lipinski definition) is 0. The highest BCUT2D eigenvalue weighted by atomic mass is 35.5. The van der Waals surface area contributed by atoms with Gasteiger partial charge in [-0.15, -0.1) is 11.6 Å². The fourth-order valence-electron chi connectivity index (χ4n) is 2.00. The molecule has 0 saturated heterocycles. The number of ether oxygens (including phenoxy) is 1. The molecule has 0 aliphatic heterocycles. The number of hydrogen-bond acceptors (Lipinski definition) is 3. The summed E-state index contributed by atoms with van der Waals surface area (Å²) in [4.78, 5) is 8.84. The molecule has 2 heterocycles. The van der Waals surface area contributed by atoms with Crippen LogP contribution in [0.4, 0.5) is 8.78 Å². The van der Waals surface area contributed by atoms with Crippen LogP contribution in [0.25, 0.3) is 11.2 Å². The van der Waals surface area contributed by atoms with E-state index in [1.54, 1.807) is 6.20 Å².